The van der Waals surface area contributed by atoms with Gasteiger partial charge in [-0.15, -0.1) is 0 Å². The fourth-order valence-corrected chi connectivity index (χ4v) is 4.40. The van der Waals surface area contributed by atoms with Gasteiger partial charge < -0.3 is 14.8 Å². The van der Waals surface area contributed by atoms with Gasteiger partial charge in [-0.25, -0.2) is 24.9 Å². The minimum atomic E-state index is 0.119. The number of amides is 1. The summed E-state index contributed by atoms with van der Waals surface area (Å²) >= 11 is 0. The predicted molar refractivity (Wildman–Crippen MR) is 113 cm³/mol. The Morgan fingerprint density at radius 2 is 1.97 bits per heavy atom. The number of hydrogen-bond acceptors (Lipinski definition) is 7. The molecule has 1 amide bonds. The Balaban J connectivity index is 1.41. The minimum Gasteiger partial charge on any atom is -0.365 e. The van der Waals surface area contributed by atoms with Gasteiger partial charge in [0.05, 0.1) is 5.56 Å². The summed E-state index contributed by atoms with van der Waals surface area (Å²) in [5.41, 5.74) is 2.39. The molecule has 9 heteroatoms. The standard InChI is InChI=1S/C21H26N8O/c1-3-29-19(15-10-22-13(2)23-11-15)27-17-18(24-12-25-20(17)29)26-16-6-5-14(9-16)21(30)28-7-4-8-28/h10-12,14,16H,3-9H2,1-2H3,(H,24,25,26)/t14-,16-/m0/s1. The van der Waals surface area contributed by atoms with E-state index in [1.165, 1.54) is 0 Å². The lowest BCUT2D eigenvalue weighted by molar-refractivity contribution is -0.138. The summed E-state index contributed by atoms with van der Waals surface area (Å²) in [5, 5.41) is 3.54. The molecule has 1 aliphatic heterocycles. The summed E-state index contributed by atoms with van der Waals surface area (Å²) in [5.74, 6) is 2.67. The number of aromatic nitrogens is 6. The van der Waals surface area contributed by atoms with Crippen LogP contribution in [0.3, 0.4) is 0 Å². The molecule has 1 saturated carbocycles. The molecule has 2 aliphatic rings. The summed E-state index contributed by atoms with van der Waals surface area (Å²) in [6, 6.07) is 0.219. The molecule has 0 unspecified atom stereocenters. The quantitative estimate of drug-likeness (QED) is 0.694. The Labute approximate surface area is 175 Å². The fraction of sp³-hybridized carbons (Fsp3) is 0.524. The molecule has 0 aromatic carbocycles. The van der Waals surface area contributed by atoms with Gasteiger partial charge in [0, 0.05) is 44.0 Å². The van der Waals surface area contributed by atoms with E-state index in [0.29, 0.717) is 5.91 Å². The number of aryl methyl sites for hydroxylation is 2. The van der Waals surface area contributed by atoms with Crippen molar-refractivity contribution in [1.29, 1.82) is 0 Å². The molecule has 0 spiro atoms. The zero-order chi connectivity index (χ0) is 20.7. The van der Waals surface area contributed by atoms with E-state index in [1.54, 1.807) is 18.7 Å². The number of carbonyl (C=O) groups excluding carboxylic acids is 1. The van der Waals surface area contributed by atoms with Crippen LogP contribution in [0.15, 0.2) is 18.7 Å². The van der Waals surface area contributed by atoms with Gasteiger partial charge in [0.15, 0.2) is 17.0 Å². The third-order valence-corrected chi connectivity index (χ3v) is 6.18. The first-order chi connectivity index (χ1) is 14.6. The van der Waals surface area contributed by atoms with Crippen molar-refractivity contribution in [3.05, 3.63) is 24.5 Å². The number of carbonyl (C=O) groups is 1. The van der Waals surface area contributed by atoms with Crippen molar-refractivity contribution < 1.29 is 4.79 Å². The van der Waals surface area contributed by atoms with Gasteiger partial charge in [-0.1, -0.05) is 0 Å². The number of anilines is 1. The van der Waals surface area contributed by atoms with Gasteiger partial charge in [-0.2, -0.15) is 0 Å². The second kappa shape index (κ2) is 7.62. The Bertz CT molecular complexity index is 1070. The van der Waals surface area contributed by atoms with Gasteiger partial charge in [-0.3, -0.25) is 4.79 Å². The van der Waals surface area contributed by atoms with E-state index < -0.39 is 0 Å². The molecule has 0 bridgehead atoms. The van der Waals surface area contributed by atoms with E-state index in [2.05, 4.69) is 36.7 Å². The molecular weight excluding hydrogens is 380 g/mol. The smallest absolute Gasteiger partial charge is 0.225 e. The van der Waals surface area contributed by atoms with Crippen LogP contribution in [0.2, 0.25) is 0 Å². The van der Waals surface area contributed by atoms with Crippen LogP contribution >= 0.6 is 0 Å². The van der Waals surface area contributed by atoms with Crippen molar-refractivity contribution in [2.45, 2.75) is 52.1 Å². The highest BCUT2D eigenvalue weighted by Crippen LogP contribution is 2.32. The molecule has 5 rings (SSSR count). The summed E-state index contributed by atoms with van der Waals surface area (Å²) in [6.07, 6.45) is 9.02. The first kappa shape index (κ1) is 18.9. The third kappa shape index (κ3) is 3.28. The maximum atomic E-state index is 12.6. The van der Waals surface area contributed by atoms with E-state index in [1.807, 2.05) is 11.8 Å². The van der Waals surface area contributed by atoms with E-state index >= 15 is 0 Å². The number of nitrogens with one attached hydrogen (secondary N) is 1. The van der Waals surface area contributed by atoms with E-state index in [4.69, 9.17) is 4.98 Å². The van der Waals surface area contributed by atoms with Crippen molar-refractivity contribution >= 4 is 22.9 Å². The molecule has 30 heavy (non-hydrogen) atoms. The lowest BCUT2D eigenvalue weighted by Gasteiger charge is -2.33. The number of fused-ring (bicyclic) bond motifs is 1. The van der Waals surface area contributed by atoms with E-state index in [9.17, 15) is 4.79 Å². The van der Waals surface area contributed by atoms with E-state index in [-0.39, 0.29) is 12.0 Å². The molecular formula is C21H26N8O. The van der Waals surface area contributed by atoms with Gasteiger partial charge in [0.1, 0.15) is 18.0 Å². The molecule has 2 fully saturated rings. The number of hydrogen-bond donors (Lipinski definition) is 1. The second-order valence-corrected chi connectivity index (χ2v) is 8.12. The average molecular weight is 406 g/mol. The van der Waals surface area contributed by atoms with Crippen LogP contribution in [0.4, 0.5) is 5.82 Å². The zero-order valence-corrected chi connectivity index (χ0v) is 17.4. The van der Waals surface area contributed by atoms with Crippen LogP contribution in [0.1, 0.15) is 38.4 Å². The van der Waals surface area contributed by atoms with Crippen LogP contribution in [0.25, 0.3) is 22.6 Å². The number of rotatable bonds is 5. The highest BCUT2D eigenvalue weighted by Gasteiger charge is 2.34. The molecule has 1 saturated heterocycles. The number of likely N-dealkylation sites (tertiary alicyclic amines) is 1. The first-order valence-corrected chi connectivity index (χ1v) is 10.7. The summed E-state index contributed by atoms with van der Waals surface area (Å²) < 4.78 is 2.06. The molecule has 4 heterocycles. The monoisotopic (exact) mass is 406 g/mol. The van der Waals surface area contributed by atoms with Crippen LogP contribution < -0.4 is 5.32 Å². The summed E-state index contributed by atoms with van der Waals surface area (Å²) in [7, 11) is 0. The molecule has 1 aliphatic carbocycles. The van der Waals surface area contributed by atoms with Gasteiger partial charge in [-0.05, 0) is 39.5 Å². The van der Waals surface area contributed by atoms with Crippen LogP contribution in [0.5, 0.6) is 0 Å². The fourth-order valence-electron chi connectivity index (χ4n) is 4.40. The van der Waals surface area contributed by atoms with Crippen LogP contribution in [0, 0.1) is 12.8 Å². The van der Waals surface area contributed by atoms with Crippen molar-refractivity contribution in [3.63, 3.8) is 0 Å². The summed E-state index contributed by atoms with van der Waals surface area (Å²) in [4.78, 5) is 37.0. The topological polar surface area (TPSA) is 102 Å². The molecule has 3 aromatic heterocycles. The normalized spacial score (nSPS) is 21.1. The Kier molecular flexibility index (Phi) is 4.80. The average Bonchev–Trinajstić information content (AvgIpc) is 3.32. The van der Waals surface area contributed by atoms with Crippen LogP contribution in [-0.4, -0.2) is 59.4 Å². The first-order valence-electron chi connectivity index (χ1n) is 10.7. The highest BCUT2D eigenvalue weighted by atomic mass is 16.2. The minimum absolute atomic E-state index is 0.119. The lowest BCUT2D eigenvalue weighted by atomic mass is 10.0. The maximum Gasteiger partial charge on any atom is 0.225 e. The van der Waals surface area contributed by atoms with Crippen molar-refractivity contribution in [1.82, 2.24) is 34.4 Å². The van der Waals surface area contributed by atoms with Gasteiger partial charge in [0.25, 0.3) is 0 Å². The Morgan fingerprint density at radius 1 is 1.17 bits per heavy atom. The van der Waals surface area contributed by atoms with Crippen molar-refractivity contribution in [2.24, 2.45) is 5.92 Å². The Hall–Kier alpha value is -3.10. The van der Waals surface area contributed by atoms with Crippen molar-refractivity contribution in [2.75, 3.05) is 18.4 Å². The predicted octanol–water partition coefficient (Wildman–Crippen LogP) is 2.42. The molecule has 9 nitrogen and oxygen atoms in total. The summed E-state index contributed by atoms with van der Waals surface area (Å²) in [6.45, 7) is 6.49. The lowest BCUT2D eigenvalue weighted by Crippen LogP contribution is -2.44. The molecule has 0 radical (unpaired) electrons. The Morgan fingerprint density at radius 3 is 2.67 bits per heavy atom. The van der Waals surface area contributed by atoms with Crippen LogP contribution in [-0.2, 0) is 11.3 Å². The van der Waals surface area contributed by atoms with Gasteiger partial charge in [0.2, 0.25) is 5.91 Å². The number of imidazole rings is 1. The molecule has 1 N–H and O–H groups in total. The highest BCUT2D eigenvalue weighted by molar-refractivity contribution is 5.86. The SMILES string of the molecule is CCn1c(-c2cnc(C)nc2)nc2c(N[C@H]3CC[C@H](C(=O)N4CCC4)C3)ncnc21. The largest absolute Gasteiger partial charge is 0.365 e. The maximum absolute atomic E-state index is 12.6. The zero-order valence-electron chi connectivity index (χ0n) is 17.4. The van der Waals surface area contributed by atoms with Gasteiger partial charge >= 0.3 is 0 Å². The van der Waals surface area contributed by atoms with Crippen molar-refractivity contribution in [3.8, 4) is 11.4 Å². The molecule has 2 atom stereocenters. The second-order valence-electron chi connectivity index (χ2n) is 8.12. The molecule has 156 valence electrons. The van der Waals surface area contributed by atoms with E-state index in [0.717, 1.165) is 79.5 Å². The third-order valence-electron chi connectivity index (χ3n) is 6.18. The molecule has 3 aromatic rings. The number of nitrogens with zero attached hydrogens (tertiary/aromatic N) is 7.